The molecule has 1 unspecified atom stereocenters. The maximum Gasteiger partial charge on any atom is 0.190 e. The van der Waals surface area contributed by atoms with Crippen LogP contribution in [0, 0.1) is 5.82 Å². The second-order valence-electron chi connectivity index (χ2n) is 5.51. The van der Waals surface area contributed by atoms with Crippen molar-refractivity contribution in [1.29, 1.82) is 0 Å². The molecule has 1 aromatic carbocycles. The number of hydrogen-bond donors (Lipinski definition) is 2. The summed E-state index contributed by atoms with van der Waals surface area (Å²) in [4.78, 5) is 4.18. The summed E-state index contributed by atoms with van der Waals surface area (Å²) in [5, 5.41) is 6.51. The first-order chi connectivity index (χ1) is 11.3. The topological polar surface area (TPSA) is 54.9 Å². The van der Waals surface area contributed by atoms with Crippen LogP contribution in [0.15, 0.2) is 29.3 Å². The number of ether oxygens (including phenoxy) is 2. The molecule has 0 bridgehead atoms. The van der Waals surface area contributed by atoms with Gasteiger partial charge in [0.25, 0.3) is 0 Å². The van der Waals surface area contributed by atoms with Crippen LogP contribution in [-0.4, -0.2) is 52.0 Å². The molecule has 1 fully saturated rings. The van der Waals surface area contributed by atoms with Gasteiger partial charge in [-0.3, -0.25) is 4.99 Å². The molecule has 1 aliphatic heterocycles. The van der Waals surface area contributed by atoms with Gasteiger partial charge in [0.15, 0.2) is 5.96 Å². The number of aliphatic imine (C=N–C) groups is 1. The van der Waals surface area contributed by atoms with Crippen molar-refractivity contribution in [2.24, 2.45) is 4.99 Å². The van der Waals surface area contributed by atoms with E-state index in [1.807, 2.05) is 0 Å². The van der Waals surface area contributed by atoms with E-state index in [1.54, 1.807) is 19.2 Å². The van der Waals surface area contributed by atoms with Crippen LogP contribution in [0.4, 0.5) is 4.39 Å². The van der Waals surface area contributed by atoms with Crippen molar-refractivity contribution in [1.82, 2.24) is 10.6 Å². The number of benzene rings is 1. The lowest BCUT2D eigenvalue weighted by molar-refractivity contribution is 0.0420. The summed E-state index contributed by atoms with van der Waals surface area (Å²) in [7, 11) is 1.75. The monoisotopic (exact) mass is 323 g/mol. The third-order valence-electron chi connectivity index (χ3n) is 3.70. The number of rotatable bonds is 8. The molecule has 128 valence electrons. The van der Waals surface area contributed by atoms with E-state index in [1.165, 1.54) is 12.1 Å². The van der Waals surface area contributed by atoms with E-state index in [-0.39, 0.29) is 11.9 Å². The molecule has 0 spiro atoms. The molecule has 1 atom stereocenters. The molecule has 1 aliphatic rings. The Morgan fingerprint density at radius 2 is 2.09 bits per heavy atom. The molecule has 23 heavy (non-hydrogen) atoms. The van der Waals surface area contributed by atoms with Gasteiger partial charge in [0.1, 0.15) is 5.82 Å². The van der Waals surface area contributed by atoms with E-state index in [4.69, 9.17) is 9.47 Å². The summed E-state index contributed by atoms with van der Waals surface area (Å²) < 4.78 is 23.8. The quantitative estimate of drug-likeness (QED) is 0.435. The minimum absolute atomic E-state index is 0.203. The molecule has 1 heterocycles. The standard InChI is InChI=1S/C17H26FN3O2/c1-19-17(20-9-2-11-23-16-8-12-22-13-16)21-10-7-14-3-5-15(18)6-4-14/h3-6,16H,2,7-13H2,1H3,(H2,19,20,21). The fraction of sp³-hybridized carbons (Fsp3) is 0.588. The van der Waals surface area contributed by atoms with E-state index in [0.717, 1.165) is 63.7 Å². The normalized spacial score (nSPS) is 18.2. The Labute approximate surface area is 137 Å². The zero-order chi connectivity index (χ0) is 16.3. The number of guanidine groups is 1. The van der Waals surface area contributed by atoms with Crippen LogP contribution < -0.4 is 10.6 Å². The Hall–Kier alpha value is -1.66. The van der Waals surface area contributed by atoms with Gasteiger partial charge in [-0.05, 0) is 37.0 Å². The average molecular weight is 323 g/mol. The fourth-order valence-electron chi connectivity index (χ4n) is 2.37. The largest absolute Gasteiger partial charge is 0.379 e. The summed E-state index contributed by atoms with van der Waals surface area (Å²) >= 11 is 0. The summed E-state index contributed by atoms with van der Waals surface area (Å²) in [6.07, 6.45) is 3.02. The Kier molecular flexibility index (Phi) is 7.83. The van der Waals surface area contributed by atoms with E-state index in [2.05, 4.69) is 15.6 Å². The second-order valence-corrected chi connectivity index (χ2v) is 5.51. The molecule has 5 nitrogen and oxygen atoms in total. The highest BCUT2D eigenvalue weighted by Gasteiger charge is 2.15. The first kappa shape index (κ1) is 17.7. The number of halogens is 1. The van der Waals surface area contributed by atoms with Crippen molar-refractivity contribution >= 4 is 5.96 Å². The lowest BCUT2D eigenvalue weighted by Crippen LogP contribution is -2.39. The van der Waals surface area contributed by atoms with Gasteiger partial charge in [0.05, 0.1) is 12.7 Å². The Morgan fingerprint density at radius 1 is 1.30 bits per heavy atom. The maximum absolute atomic E-state index is 12.8. The van der Waals surface area contributed by atoms with Crippen molar-refractivity contribution < 1.29 is 13.9 Å². The molecule has 6 heteroatoms. The predicted octanol–water partition coefficient (Wildman–Crippen LogP) is 1.73. The van der Waals surface area contributed by atoms with Crippen LogP contribution in [0.3, 0.4) is 0 Å². The summed E-state index contributed by atoms with van der Waals surface area (Å²) in [5.41, 5.74) is 1.10. The number of nitrogens with one attached hydrogen (secondary N) is 2. The van der Waals surface area contributed by atoms with E-state index in [0.29, 0.717) is 0 Å². The van der Waals surface area contributed by atoms with E-state index < -0.39 is 0 Å². The third kappa shape index (κ3) is 6.97. The highest BCUT2D eigenvalue weighted by Crippen LogP contribution is 2.07. The zero-order valence-corrected chi connectivity index (χ0v) is 13.7. The lowest BCUT2D eigenvalue weighted by Gasteiger charge is -2.13. The van der Waals surface area contributed by atoms with Gasteiger partial charge >= 0.3 is 0 Å². The number of hydrogen-bond acceptors (Lipinski definition) is 3. The molecule has 0 radical (unpaired) electrons. The van der Waals surface area contributed by atoms with Gasteiger partial charge in [-0.25, -0.2) is 4.39 Å². The Bertz CT molecular complexity index is 473. The lowest BCUT2D eigenvalue weighted by atomic mass is 10.1. The van der Waals surface area contributed by atoms with Crippen LogP contribution in [0.5, 0.6) is 0 Å². The Morgan fingerprint density at radius 3 is 2.78 bits per heavy atom. The van der Waals surface area contributed by atoms with E-state index in [9.17, 15) is 4.39 Å². The van der Waals surface area contributed by atoms with Crippen LogP contribution >= 0.6 is 0 Å². The summed E-state index contributed by atoms with van der Waals surface area (Å²) in [5.74, 6) is 0.571. The van der Waals surface area contributed by atoms with Crippen molar-refractivity contribution in [3.63, 3.8) is 0 Å². The van der Waals surface area contributed by atoms with Crippen molar-refractivity contribution in [2.45, 2.75) is 25.4 Å². The minimum atomic E-state index is -0.203. The molecule has 0 aliphatic carbocycles. The van der Waals surface area contributed by atoms with Gasteiger partial charge in [-0.1, -0.05) is 12.1 Å². The first-order valence-electron chi connectivity index (χ1n) is 8.16. The molecule has 0 saturated carbocycles. The minimum Gasteiger partial charge on any atom is -0.379 e. The first-order valence-corrected chi connectivity index (χ1v) is 8.16. The van der Waals surface area contributed by atoms with E-state index >= 15 is 0 Å². The zero-order valence-electron chi connectivity index (χ0n) is 13.7. The highest BCUT2D eigenvalue weighted by molar-refractivity contribution is 5.79. The molecule has 2 rings (SSSR count). The van der Waals surface area contributed by atoms with Crippen LogP contribution in [0.2, 0.25) is 0 Å². The van der Waals surface area contributed by atoms with Gasteiger partial charge in [-0.15, -0.1) is 0 Å². The molecule has 2 N–H and O–H groups in total. The smallest absolute Gasteiger partial charge is 0.190 e. The Balaban J connectivity index is 1.53. The van der Waals surface area contributed by atoms with Crippen LogP contribution in [0.1, 0.15) is 18.4 Å². The molecular formula is C17H26FN3O2. The summed E-state index contributed by atoms with van der Waals surface area (Å²) in [6.45, 7) is 3.83. The summed E-state index contributed by atoms with van der Waals surface area (Å²) in [6, 6.07) is 6.57. The van der Waals surface area contributed by atoms with Crippen LogP contribution in [-0.2, 0) is 15.9 Å². The number of nitrogens with zero attached hydrogens (tertiary/aromatic N) is 1. The van der Waals surface area contributed by atoms with Crippen molar-refractivity contribution in [2.75, 3.05) is 40.0 Å². The maximum atomic E-state index is 12.8. The van der Waals surface area contributed by atoms with Gasteiger partial charge in [0, 0.05) is 33.4 Å². The third-order valence-corrected chi connectivity index (χ3v) is 3.70. The predicted molar refractivity (Wildman–Crippen MR) is 89.3 cm³/mol. The van der Waals surface area contributed by atoms with Gasteiger partial charge in [-0.2, -0.15) is 0 Å². The van der Waals surface area contributed by atoms with Gasteiger partial charge < -0.3 is 20.1 Å². The molecule has 1 saturated heterocycles. The van der Waals surface area contributed by atoms with Crippen molar-refractivity contribution in [3.8, 4) is 0 Å². The molecular weight excluding hydrogens is 297 g/mol. The molecule has 0 aromatic heterocycles. The SMILES string of the molecule is CN=C(NCCCOC1CCOC1)NCCc1ccc(F)cc1. The van der Waals surface area contributed by atoms with Crippen LogP contribution in [0.25, 0.3) is 0 Å². The highest BCUT2D eigenvalue weighted by atomic mass is 19.1. The fourth-order valence-corrected chi connectivity index (χ4v) is 2.37. The molecule has 1 aromatic rings. The average Bonchev–Trinajstić information content (AvgIpc) is 3.08. The van der Waals surface area contributed by atoms with Crippen molar-refractivity contribution in [3.05, 3.63) is 35.6 Å². The molecule has 0 amide bonds. The second kappa shape index (κ2) is 10.2. The van der Waals surface area contributed by atoms with Gasteiger partial charge in [0.2, 0.25) is 0 Å².